The van der Waals surface area contributed by atoms with E-state index in [0.29, 0.717) is 0 Å². The number of ketones is 1. The molecule has 8 nitrogen and oxygen atoms in total. The van der Waals surface area contributed by atoms with E-state index in [2.05, 4.69) is 25.4 Å². The second-order valence-corrected chi connectivity index (χ2v) is 2.97. The van der Waals surface area contributed by atoms with Crippen LogP contribution in [0.1, 0.15) is 19.8 Å². The highest BCUT2D eigenvalue weighted by Gasteiger charge is 2.12. The van der Waals surface area contributed by atoms with Crippen LogP contribution < -0.4 is 11.1 Å². The summed E-state index contributed by atoms with van der Waals surface area (Å²) in [6, 6.07) is -0.642. The van der Waals surface area contributed by atoms with Gasteiger partial charge < -0.3 is 5.73 Å². The van der Waals surface area contributed by atoms with Crippen molar-refractivity contribution in [3.63, 3.8) is 0 Å². The van der Waals surface area contributed by atoms with Gasteiger partial charge in [-0.05, 0) is 12.1 Å². The van der Waals surface area contributed by atoms with E-state index >= 15 is 0 Å². The number of anilines is 1. The van der Waals surface area contributed by atoms with E-state index < -0.39 is 11.9 Å². The van der Waals surface area contributed by atoms with Crippen molar-refractivity contribution in [1.82, 2.24) is 15.6 Å². The standard InChI is InChI=1S/C7H11N5O3/c1-4(8)5(13)2-3-6(14)9-7-10-11-12-15-7/h4H,2-3,8H2,1H3,(H,9,10,12,14). The van der Waals surface area contributed by atoms with Gasteiger partial charge in [-0.15, -0.1) is 0 Å². The highest BCUT2D eigenvalue weighted by atomic mass is 16.5. The molecule has 1 aromatic heterocycles. The lowest BCUT2D eigenvalue weighted by molar-refractivity contribution is -0.123. The van der Waals surface area contributed by atoms with Gasteiger partial charge in [-0.25, -0.2) is 0 Å². The number of nitrogens with one attached hydrogen (secondary N) is 1. The number of rotatable bonds is 5. The third kappa shape index (κ3) is 3.81. The molecule has 0 radical (unpaired) electrons. The lowest BCUT2D eigenvalue weighted by Crippen LogP contribution is -2.27. The second-order valence-electron chi connectivity index (χ2n) is 2.97. The Kier molecular flexibility index (Phi) is 3.86. The minimum Gasteiger partial charge on any atom is -0.322 e. The third-order valence-electron chi connectivity index (χ3n) is 1.65. The molecule has 0 fully saturated rings. The summed E-state index contributed by atoms with van der Waals surface area (Å²) >= 11 is 0. The van der Waals surface area contributed by atoms with Gasteiger partial charge in [-0.2, -0.15) is 0 Å². The van der Waals surface area contributed by atoms with Crippen LogP contribution in [-0.2, 0) is 9.59 Å². The number of nitrogens with zero attached hydrogens (tertiary/aromatic N) is 3. The zero-order valence-corrected chi connectivity index (χ0v) is 8.14. The summed E-state index contributed by atoms with van der Waals surface area (Å²) in [5, 5.41) is 11.8. The molecule has 1 atom stereocenters. The molecule has 1 amide bonds. The van der Waals surface area contributed by atoms with Crippen LogP contribution in [0.15, 0.2) is 4.52 Å². The van der Waals surface area contributed by atoms with Crippen LogP contribution in [0.25, 0.3) is 0 Å². The smallest absolute Gasteiger partial charge is 0.322 e. The van der Waals surface area contributed by atoms with Crippen molar-refractivity contribution in [2.24, 2.45) is 5.73 Å². The first-order valence-electron chi connectivity index (χ1n) is 4.33. The molecule has 0 bridgehead atoms. The maximum Gasteiger partial charge on any atom is 0.348 e. The van der Waals surface area contributed by atoms with Crippen LogP contribution in [0.3, 0.4) is 0 Å². The van der Waals surface area contributed by atoms with Gasteiger partial charge in [0.1, 0.15) is 5.78 Å². The summed E-state index contributed by atoms with van der Waals surface area (Å²) in [5.74, 6) is -0.566. The normalized spacial score (nSPS) is 12.1. The topological polar surface area (TPSA) is 124 Å². The number of carbonyl (C=O) groups excluding carboxylic acids is 2. The van der Waals surface area contributed by atoms with Crippen molar-refractivity contribution in [1.29, 1.82) is 0 Å². The molecule has 8 heteroatoms. The molecule has 0 aliphatic heterocycles. The van der Waals surface area contributed by atoms with E-state index in [-0.39, 0.29) is 24.6 Å². The van der Waals surface area contributed by atoms with Crippen molar-refractivity contribution in [2.45, 2.75) is 25.8 Å². The van der Waals surface area contributed by atoms with Gasteiger partial charge in [0.2, 0.25) is 5.91 Å². The maximum absolute atomic E-state index is 11.2. The molecule has 82 valence electrons. The van der Waals surface area contributed by atoms with E-state index in [1.54, 1.807) is 6.92 Å². The van der Waals surface area contributed by atoms with Crippen LogP contribution in [0.4, 0.5) is 6.01 Å². The fourth-order valence-electron chi connectivity index (χ4n) is 0.828. The van der Waals surface area contributed by atoms with Gasteiger partial charge in [0.05, 0.1) is 11.3 Å². The first kappa shape index (κ1) is 11.2. The zero-order valence-electron chi connectivity index (χ0n) is 8.14. The lowest BCUT2D eigenvalue weighted by atomic mass is 10.1. The minimum atomic E-state index is -0.553. The first-order valence-corrected chi connectivity index (χ1v) is 4.33. The van der Waals surface area contributed by atoms with Crippen molar-refractivity contribution in [3.8, 4) is 0 Å². The molecule has 1 heterocycles. The summed E-state index contributed by atoms with van der Waals surface area (Å²) in [4.78, 5) is 22.3. The number of carbonyl (C=O) groups is 2. The first-order chi connectivity index (χ1) is 7.09. The maximum atomic E-state index is 11.2. The highest BCUT2D eigenvalue weighted by molar-refractivity contribution is 5.93. The molecule has 0 saturated heterocycles. The van der Waals surface area contributed by atoms with Crippen LogP contribution in [0, 0.1) is 0 Å². The molecular formula is C7H11N5O3. The molecule has 0 saturated carbocycles. The number of hydrogen-bond donors (Lipinski definition) is 2. The number of Topliss-reactive ketones (excluding diaryl/α,β-unsaturated/α-hetero) is 1. The van der Waals surface area contributed by atoms with E-state index in [1.165, 1.54) is 0 Å². The van der Waals surface area contributed by atoms with E-state index in [1.807, 2.05) is 0 Å². The molecule has 1 unspecified atom stereocenters. The van der Waals surface area contributed by atoms with Crippen LogP contribution in [-0.4, -0.2) is 33.3 Å². The lowest BCUT2D eigenvalue weighted by Gasteiger charge is -2.02. The Bertz CT molecular complexity index is 334. The Morgan fingerprint density at radius 1 is 1.53 bits per heavy atom. The fraction of sp³-hybridized carbons (Fsp3) is 0.571. The van der Waals surface area contributed by atoms with Crippen molar-refractivity contribution in [3.05, 3.63) is 0 Å². The minimum absolute atomic E-state index is 0.0305. The van der Waals surface area contributed by atoms with Crippen LogP contribution >= 0.6 is 0 Å². The molecule has 0 spiro atoms. The van der Waals surface area contributed by atoms with Crippen molar-refractivity contribution in [2.75, 3.05) is 5.32 Å². The Hall–Kier alpha value is -1.83. The van der Waals surface area contributed by atoms with E-state index in [9.17, 15) is 9.59 Å². The number of amides is 1. The highest BCUT2D eigenvalue weighted by Crippen LogP contribution is 2.00. The molecule has 3 N–H and O–H groups in total. The fourth-order valence-corrected chi connectivity index (χ4v) is 0.828. The number of hydrogen-bond acceptors (Lipinski definition) is 7. The van der Waals surface area contributed by atoms with Crippen molar-refractivity contribution >= 4 is 17.7 Å². The van der Waals surface area contributed by atoms with Crippen molar-refractivity contribution < 1.29 is 14.1 Å². The SMILES string of the molecule is CC(N)C(=O)CCC(=O)Nc1nnno1. The van der Waals surface area contributed by atoms with Gasteiger partial charge in [0.15, 0.2) is 0 Å². The average Bonchev–Trinajstić information content (AvgIpc) is 2.66. The Morgan fingerprint density at radius 2 is 2.27 bits per heavy atom. The van der Waals surface area contributed by atoms with Crippen LogP contribution in [0.2, 0.25) is 0 Å². The van der Waals surface area contributed by atoms with E-state index in [0.717, 1.165) is 0 Å². The Morgan fingerprint density at radius 3 is 2.80 bits per heavy atom. The molecular weight excluding hydrogens is 202 g/mol. The summed E-state index contributed by atoms with van der Waals surface area (Å²) in [6.07, 6.45) is 0.119. The van der Waals surface area contributed by atoms with Crippen LogP contribution in [0.5, 0.6) is 0 Å². The number of nitrogens with two attached hydrogens (primary N) is 1. The number of aromatic nitrogens is 3. The predicted octanol–water partition coefficient (Wildman–Crippen LogP) is -0.900. The van der Waals surface area contributed by atoms with E-state index in [4.69, 9.17) is 5.73 Å². The molecule has 0 aliphatic rings. The average molecular weight is 213 g/mol. The van der Waals surface area contributed by atoms with Gasteiger partial charge in [0.25, 0.3) is 0 Å². The Balaban J connectivity index is 2.28. The molecule has 15 heavy (non-hydrogen) atoms. The third-order valence-corrected chi connectivity index (χ3v) is 1.65. The summed E-state index contributed by atoms with van der Waals surface area (Å²) in [7, 11) is 0. The zero-order chi connectivity index (χ0) is 11.3. The quantitative estimate of drug-likeness (QED) is 0.649. The molecule has 1 aromatic rings. The summed E-state index contributed by atoms with van der Waals surface area (Å²) in [6.45, 7) is 1.57. The molecule has 0 aliphatic carbocycles. The second kappa shape index (κ2) is 5.15. The monoisotopic (exact) mass is 213 g/mol. The summed E-state index contributed by atoms with van der Waals surface area (Å²) in [5.41, 5.74) is 5.33. The largest absolute Gasteiger partial charge is 0.348 e. The van der Waals surface area contributed by atoms with Gasteiger partial charge in [-0.1, -0.05) is 5.10 Å². The molecule has 1 rings (SSSR count). The predicted molar refractivity (Wildman–Crippen MR) is 48.6 cm³/mol. The molecule has 0 aromatic carbocycles. The van der Waals surface area contributed by atoms with Gasteiger partial charge in [-0.3, -0.25) is 19.4 Å². The van der Waals surface area contributed by atoms with Gasteiger partial charge >= 0.3 is 6.01 Å². The Labute approximate surface area is 85.2 Å². The summed E-state index contributed by atoms with van der Waals surface area (Å²) < 4.78 is 4.44. The van der Waals surface area contributed by atoms with Gasteiger partial charge in [0, 0.05) is 12.8 Å².